The van der Waals surface area contributed by atoms with Gasteiger partial charge < -0.3 is 11.1 Å². The lowest BCUT2D eigenvalue weighted by atomic mass is 9.91. The summed E-state index contributed by atoms with van der Waals surface area (Å²) in [6, 6.07) is 7.38. The molecule has 2 aromatic rings. The van der Waals surface area contributed by atoms with Crippen LogP contribution in [-0.4, -0.2) is 32.7 Å². The lowest BCUT2D eigenvalue weighted by molar-refractivity contribution is -0.124. The molecule has 3 N–H and O–H groups in total. The Morgan fingerprint density at radius 2 is 2.32 bits per heavy atom. The van der Waals surface area contributed by atoms with Crippen molar-refractivity contribution >= 4 is 5.91 Å². The van der Waals surface area contributed by atoms with Crippen molar-refractivity contribution in [1.82, 2.24) is 25.5 Å². The molecule has 1 amide bonds. The predicted octanol–water partition coefficient (Wildman–Crippen LogP) is -0.0277. The molecule has 19 heavy (non-hydrogen) atoms. The molecule has 0 bridgehead atoms. The number of rotatable bonds is 5. The molecule has 0 radical (unpaired) electrons. The monoisotopic (exact) mass is 260 g/mol. The van der Waals surface area contributed by atoms with Crippen LogP contribution < -0.4 is 11.1 Å². The van der Waals surface area contributed by atoms with E-state index in [0.717, 1.165) is 11.3 Å². The van der Waals surface area contributed by atoms with Gasteiger partial charge in [0, 0.05) is 0 Å². The van der Waals surface area contributed by atoms with Crippen molar-refractivity contribution in [3.8, 4) is 5.69 Å². The number of hydrogen-bond acceptors (Lipinski definition) is 5. The Kier molecular flexibility index (Phi) is 3.57. The van der Waals surface area contributed by atoms with Crippen LogP contribution in [-0.2, 0) is 10.3 Å². The summed E-state index contributed by atoms with van der Waals surface area (Å²) < 4.78 is 1.52. The second-order valence-electron chi connectivity index (χ2n) is 4.32. The fourth-order valence-electron chi connectivity index (χ4n) is 1.92. The summed E-state index contributed by atoms with van der Waals surface area (Å²) >= 11 is 0. The van der Waals surface area contributed by atoms with E-state index in [2.05, 4.69) is 20.8 Å². The molecule has 7 nitrogen and oxygen atoms in total. The fourth-order valence-corrected chi connectivity index (χ4v) is 1.92. The highest BCUT2D eigenvalue weighted by Crippen LogP contribution is 2.22. The zero-order chi connectivity index (χ0) is 13.9. The Bertz CT molecular complexity index is 567. The van der Waals surface area contributed by atoms with Gasteiger partial charge in [0.05, 0.1) is 5.69 Å². The van der Waals surface area contributed by atoms with Gasteiger partial charge >= 0.3 is 0 Å². The number of primary amides is 1. The largest absolute Gasteiger partial charge is 0.368 e. The van der Waals surface area contributed by atoms with Crippen LogP contribution in [0.25, 0.3) is 5.69 Å². The molecule has 1 aromatic carbocycles. The van der Waals surface area contributed by atoms with Gasteiger partial charge in [-0.1, -0.05) is 19.1 Å². The summed E-state index contributed by atoms with van der Waals surface area (Å²) in [4.78, 5) is 11.7. The summed E-state index contributed by atoms with van der Waals surface area (Å²) in [6.45, 7) is 4.32. The van der Waals surface area contributed by atoms with Crippen LogP contribution in [0, 0.1) is 0 Å². The quantitative estimate of drug-likeness (QED) is 0.786. The highest BCUT2D eigenvalue weighted by atomic mass is 16.1. The molecular formula is C12H16N6O. The summed E-state index contributed by atoms with van der Waals surface area (Å²) in [6.07, 6.45) is 1.49. The Hall–Kier alpha value is -2.28. The average molecular weight is 260 g/mol. The highest BCUT2D eigenvalue weighted by Gasteiger charge is 2.32. The number of benzene rings is 1. The van der Waals surface area contributed by atoms with Gasteiger partial charge in [-0.2, -0.15) is 0 Å². The second kappa shape index (κ2) is 5.15. The molecule has 0 saturated carbocycles. The number of carbonyl (C=O) groups excluding carboxylic acids is 1. The first-order chi connectivity index (χ1) is 9.08. The first kappa shape index (κ1) is 13.2. The van der Waals surface area contributed by atoms with E-state index >= 15 is 0 Å². The zero-order valence-corrected chi connectivity index (χ0v) is 10.9. The number of nitrogens with one attached hydrogen (secondary N) is 1. The second-order valence-corrected chi connectivity index (χ2v) is 4.32. The molecule has 0 aliphatic heterocycles. The Morgan fingerprint density at radius 3 is 2.89 bits per heavy atom. The van der Waals surface area contributed by atoms with Crippen LogP contribution >= 0.6 is 0 Å². The number of carbonyl (C=O) groups is 1. The molecule has 7 heteroatoms. The van der Waals surface area contributed by atoms with Crippen LogP contribution in [0.15, 0.2) is 30.6 Å². The van der Waals surface area contributed by atoms with Gasteiger partial charge in [0.2, 0.25) is 5.91 Å². The van der Waals surface area contributed by atoms with Crippen molar-refractivity contribution in [2.24, 2.45) is 5.73 Å². The molecule has 0 aliphatic rings. The molecule has 1 aromatic heterocycles. The number of hydrogen-bond donors (Lipinski definition) is 2. The lowest BCUT2D eigenvalue weighted by Crippen LogP contribution is -2.50. The van der Waals surface area contributed by atoms with Gasteiger partial charge in [0.1, 0.15) is 11.9 Å². The van der Waals surface area contributed by atoms with Gasteiger partial charge in [0.25, 0.3) is 0 Å². The normalized spacial score (nSPS) is 14.0. The Labute approximate surface area is 110 Å². The van der Waals surface area contributed by atoms with Crippen LogP contribution in [0.2, 0.25) is 0 Å². The van der Waals surface area contributed by atoms with E-state index in [4.69, 9.17) is 5.73 Å². The maximum atomic E-state index is 11.7. The number of amides is 1. The molecule has 100 valence electrons. The van der Waals surface area contributed by atoms with Crippen LogP contribution in [0.4, 0.5) is 0 Å². The third-order valence-corrected chi connectivity index (χ3v) is 3.06. The van der Waals surface area contributed by atoms with E-state index in [0.29, 0.717) is 6.54 Å². The number of likely N-dealkylation sites (N-methyl/N-ethyl adjacent to an activating group) is 1. The Balaban J connectivity index is 2.45. The van der Waals surface area contributed by atoms with E-state index in [1.54, 1.807) is 6.92 Å². The standard InChI is InChI=1S/C12H16N6O/c1-3-14-12(2,11(13)19)9-5-4-6-10(7-9)18-8-15-16-17-18/h4-8,14H,3H2,1-2H3,(H2,13,19). The maximum absolute atomic E-state index is 11.7. The Morgan fingerprint density at radius 1 is 1.53 bits per heavy atom. The third kappa shape index (κ3) is 2.45. The van der Waals surface area contributed by atoms with E-state index in [-0.39, 0.29) is 0 Å². The number of aromatic nitrogens is 4. The summed E-state index contributed by atoms with van der Waals surface area (Å²) in [7, 11) is 0. The van der Waals surface area contributed by atoms with Crippen molar-refractivity contribution in [2.45, 2.75) is 19.4 Å². The minimum atomic E-state index is -0.918. The summed E-state index contributed by atoms with van der Waals surface area (Å²) in [5.74, 6) is -0.428. The molecule has 2 rings (SSSR count). The summed E-state index contributed by atoms with van der Waals surface area (Å²) in [5.41, 5.74) is 6.14. The number of nitrogens with two attached hydrogens (primary N) is 1. The van der Waals surface area contributed by atoms with Gasteiger partial charge in [-0.15, -0.1) is 5.10 Å². The minimum absolute atomic E-state index is 0.428. The van der Waals surface area contributed by atoms with Gasteiger partial charge in [0.15, 0.2) is 0 Å². The lowest BCUT2D eigenvalue weighted by Gasteiger charge is -2.27. The number of nitrogens with zero attached hydrogens (tertiary/aromatic N) is 4. The van der Waals surface area contributed by atoms with Gasteiger partial charge in [-0.05, 0) is 41.6 Å². The topological polar surface area (TPSA) is 98.7 Å². The first-order valence-electron chi connectivity index (χ1n) is 5.96. The minimum Gasteiger partial charge on any atom is -0.368 e. The van der Waals surface area contributed by atoms with Crippen molar-refractivity contribution in [2.75, 3.05) is 6.54 Å². The zero-order valence-electron chi connectivity index (χ0n) is 10.9. The average Bonchev–Trinajstić information content (AvgIpc) is 2.93. The van der Waals surface area contributed by atoms with Crippen LogP contribution in [0.3, 0.4) is 0 Å². The van der Waals surface area contributed by atoms with E-state index in [1.807, 2.05) is 31.2 Å². The number of tetrazole rings is 1. The van der Waals surface area contributed by atoms with Crippen molar-refractivity contribution < 1.29 is 4.79 Å². The molecule has 0 spiro atoms. The first-order valence-corrected chi connectivity index (χ1v) is 5.96. The predicted molar refractivity (Wildman–Crippen MR) is 69.4 cm³/mol. The SMILES string of the molecule is CCNC(C)(C(N)=O)c1cccc(-n2cnnn2)c1. The van der Waals surface area contributed by atoms with Crippen molar-refractivity contribution in [3.63, 3.8) is 0 Å². The molecule has 0 fully saturated rings. The molecule has 0 aliphatic carbocycles. The molecular weight excluding hydrogens is 244 g/mol. The van der Waals surface area contributed by atoms with Gasteiger partial charge in [-0.3, -0.25) is 4.79 Å². The fraction of sp³-hybridized carbons (Fsp3) is 0.333. The van der Waals surface area contributed by atoms with Crippen molar-refractivity contribution in [1.29, 1.82) is 0 Å². The van der Waals surface area contributed by atoms with Gasteiger partial charge in [-0.25, -0.2) is 4.68 Å². The smallest absolute Gasteiger partial charge is 0.242 e. The van der Waals surface area contributed by atoms with E-state index < -0.39 is 11.4 Å². The van der Waals surface area contributed by atoms with E-state index in [9.17, 15) is 4.79 Å². The van der Waals surface area contributed by atoms with E-state index in [1.165, 1.54) is 11.0 Å². The van der Waals surface area contributed by atoms with Crippen LogP contribution in [0.1, 0.15) is 19.4 Å². The molecule has 1 unspecified atom stereocenters. The van der Waals surface area contributed by atoms with Crippen molar-refractivity contribution in [3.05, 3.63) is 36.2 Å². The highest BCUT2D eigenvalue weighted by molar-refractivity contribution is 5.85. The van der Waals surface area contributed by atoms with Crippen LogP contribution in [0.5, 0.6) is 0 Å². The maximum Gasteiger partial charge on any atom is 0.242 e. The molecule has 1 atom stereocenters. The molecule has 1 heterocycles. The molecule has 0 saturated heterocycles. The summed E-state index contributed by atoms with van der Waals surface area (Å²) in [5, 5.41) is 14.1. The third-order valence-electron chi connectivity index (χ3n) is 3.06.